The number of aromatic nitrogens is 1. The van der Waals surface area contributed by atoms with E-state index < -0.39 is 11.7 Å². The Hall–Kier alpha value is -1.01. The van der Waals surface area contributed by atoms with Crippen molar-refractivity contribution in [2.24, 2.45) is 0 Å². The van der Waals surface area contributed by atoms with Crippen LogP contribution >= 0.6 is 11.6 Å². The summed E-state index contributed by atoms with van der Waals surface area (Å²) >= 11 is 6.00. The first-order chi connectivity index (χ1) is 9.43. The van der Waals surface area contributed by atoms with Gasteiger partial charge in [0.1, 0.15) is 5.82 Å². The van der Waals surface area contributed by atoms with E-state index in [1.54, 1.807) is 0 Å². The van der Waals surface area contributed by atoms with Gasteiger partial charge in [0.05, 0.1) is 10.6 Å². The van der Waals surface area contributed by atoms with Crippen molar-refractivity contribution in [3.63, 3.8) is 0 Å². The van der Waals surface area contributed by atoms with Crippen molar-refractivity contribution < 1.29 is 13.2 Å². The molecular weight excluding hydrogens is 291 g/mol. The van der Waals surface area contributed by atoms with Gasteiger partial charge in [-0.1, -0.05) is 11.6 Å². The SMILES string of the molecule is CCN(c1ncc(C(F)(F)F)cc1Cl)C1CCCNC1. The normalized spacial score (nSPS) is 19.9. The van der Waals surface area contributed by atoms with E-state index in [-0.39, 0.29) is 11.1 Å². The minimum atomic E-state index is -4.42. The van der Waals surface area contributed by atoms with Crippen LogP contribution in [0.1, 0.15) is 25.3 Å². The minimum absolute atomic E-state index is 0.0484. The van der Waals surface area contributed by atoms with Gasteiger partial charge in [0.25, 0.3) is 0 Å². The van der Waals surface area contributed by atoms with E-state index >= 15 is 0 Å². The summed E-state index contributed by atoms with van der Waals surface area (Å²) in [6.45, 7) is 4.38. The molecule has 0 bridgehead atoms. The molecule has 1 atom stereocenters. The van der Waals surface area contributed by atoms with Crippen molar-refractivity contribution in [1.29, 1.82) is 0 Å². The Morgan fingerprint density at radius 1 is 1.50 bits per heavy atom. The zero-order chi connectivity index (χ0) is 14.8. The molecule has 1 aromatic rings. The van der Waals surface area contributed by atoms with E-state index in [0.29, 0.717) is 12.4 Å². The highest BCUT2D eigenvalue weighted by atomic mass is 35.5. The summed E-state index contributed by atoms with van der Waals surface area (Å²) in [5.74, 6) is 0.427. The van der Waals surface area contributed by atoms with Crippen LogP contribution in [-0.4, -0.2) is 30.7 Å². The van der Waals surface area contributed by atoms with Gasteiger partial charge in [-0.3, -0.25) is 0 Å². The van der Waals surface area contributed by atoms with Gasteiger partial charge in [0.15, 0.2) is 0 Å². The summed E-state index contributed by atoms with van der Waals surface area (Å²) < 4.78 is 37.8. The maximum absolute atomic E-state index is 12.6. The predicted molar refractivity (Wildman–Crippen MR) is 73.2 cm³/mol. The molecule has 7 heteroatoms. The van der Waals surface area contributed by atoms with Crippen molar-refractivity contribution in [2.45, 2.75) is 32.0 Å². The topological polar surface area (TPSA) is 28.2 Å². The molecule has 1 aromatic heterocycles. The summed E-state index contributed by atoms with van der Waals surface area (Å²) in [5.41, 5.74) is -0.816. The van der Waals surface area contributed by atoms with Crippen LogP contribution in [0.3, 0.4) is 0 Å². The number of piperidine rings is 1. The second kappa shape index (κ2) is 6.18. The van der Waals surface area contributed by atoms with Gasteiger partial charge in [-0.25, -0.2) is 4.98 Å². The lowest BCUT2D eigenvalue weighted by Gasteiger charge is -2.35. The minimum Gasteiger partial charge on any atom is -0.351 e. The van der Waals surface area contributed by atoms with Crippen LogP contribution < -0.4 is 10.2 Å². The van der Waals surface area contributed by atoms with Gasteiger partial charge >= 0.3 is 6.18 Å². The average Bonchev–Trinajstić information content (AvgIpc) is 2.41. The van der Waals surface area contributed by atoms with E-state index in [1.807, 2.05) is 11.8 Å². The molecule has 0 saturated carbocycles. The molecular formula is C13H17ClF3N3. The molecule has 20 heavy (non-hydrogen) atoms. The third-order valence-electron chi connectivity index (χ3n) is 3.47. The van der Waals surface area contributed by atoms with Gasteiger partial charge in [0, 0.05) is 25.3 Å². The highest BCUT2D eigenvalue weighted by molar-refractivity contribution is 6.33. The average molecular weight is 308 g/mol. The van der Waals surface area contributed by atoms with Gasteiger partial charge in [-0.15, -0.1) is 0 Å². The zero-order valence-electron chi connectivity index (χ0n) is 11.2. The number of nitrogens with zero attached hydrogens (tertiary/aromatic N) is 2. The number of nitrogens with one attached hydrogen (secondary N) is 1. The lowest BCUT2D eigenvalue weighted by atomic mass is 10.1. The molecule has 0 aliphatic carbocycles. The van der Waals surface area contributed by atoms with Gasteiger partial charge in [0.2, 0.25) is 0 Å². The van der Waals surface area contributed by atoms with Crippen molar-refractivity contribution in [2.75, 3.05) is 24.5 Å². The van der Waals surface area contributed by atoms with Crippen molar-refractivity contribution in [3.8, 4) is 0 Å². The quantitative estimate of drug-likeness (QED) is 0.928. The van der Waals surface area contributed by atoms with E-state index in [0.717, 1.165) is 38.2 Å². The first-order valence-corrected chi connectivity index (χ1v) is 7.01. The molecule has 1 aliphatic heterocycles. The Bertz CT molecular complexity index is 459. The third kappa shape index (κ3) is 3.35. The standard InChI is InChI=1S/C13H17ClF3N3/c1-2-20(10-4-3-5-18-8-10)12-11(14)6-9(7-19-12)13(15,16)17/h6-7,10,18H,2-5,8H2,1H3. The molecule has 0 spiro atoms. The number of rotatable bonds is 3. The molecule has 1 aliphatic rings. The number of pyridine rings is 1. The van der Waals surface area contributed by atoms with Gasteiger partial charge < -0.3 is 10.2 Å². The Balaban J connectivity index is 2.26. The number of hydrogen-bond donors (Lipinski definition) is 1. The number of halogens is 4. The molecule has 1 fully saturated rings. The van der Waals surface area contributed by atoms with Crippen LogP contribution in [0.5, 0.6) is 0 Å². The summed E-state index contributed by atoms with van der Waals surface area (Å²) in [6.07, 6.45) is -1.54. The first-order valence-electron chi connectivity index (χ1n) is 6.63. The maximum atomic E-state index is 12.6. The molecule has 2 heterocycles. The smallest absolute Gasteiger partial charge is 0.351 e. The first kappa shape index (κ1) is 15.4. The molecule has 0 radical (unpaired) electrons. The Morgan fingerprint density at radius 2 is 2.25 bits per heavy atom. The van der Waals surface area contributed by atoms with Crippen LogP contribution in [-0.2, 0) is 6.18 Å². The highest BCUT2D eigenvalue weighted by Crippen LogP contribution is 2.34. The lowest BCUT2D eigenvalue weighted by Crippen LogP contribution is -2.46. The Kier molecular flexibility index (Phi) is 4.75. The van der Waals surface area contributed by atoms with E-state index in [9.17, 15) is 13.2 Å². The fraction of sp³-hybridized carbons (Fsp3) is 0.615. The Labute approximate surface area is 121 Å². The monoisotopic (exact) mass is 307 g/mol. The van der Waals surface area contributed by atoms with Crippen LogP contribution in [0.15, 0.2) is 12.3 Å². The van der Waals surface area contributed by atoms with E-state index in [2.05, 4.69) is 10.3 Å². The highest BCUT2D eigenvalue weighted by Gasteiger charge is 2.32. The number of alkyl halides is 3. The largest absolute Gasteiger partial charge is 0.417 e. The molecule has 1 N–H and O–H groups in total. The molecule has 1 unspecified atom stereocenters. The number of likely N-dealkylation sites (N-methyl/N-ethyl adjacent to an activating group) is 1. The molecule has 112 valence electrons. The van der Waals surface area contributed by atoms with Crippen LogP contribution in [0.25, 0.3) is 0 Å². The second-order valence-corrected chi connectivity index (χ2v) is 5.22. The predicted octanol–water partition coefficient (Wildman–Crippen LogP) is 3.33. The van der Waals surface area contributed by atoms with Crippen LogP contribution in [0.2, 0.25) is 5.02 Å². The molecule has 2 rings (SSSR count). The molecule has 0 amide bonds. The van der Waals surface area contributed by atoms with Gasteiger partial charge in [-0.2, -0.15) is 13.2 Å². The fourth-order valence-corrected chi connectivity index (χ4v) is 2.75. The number of anilines is 1. The fourth-order valence-electron chi connectivity index (χ4n) is 2.48. The summed E-state index contributed by atoms with van der Waals surface area (Å²) in [6, 6.07) is 1.17. The molecule has 3 nitrogen and oxygen atoms in total. The number of hydrogen-bond acceptors (Lipinski definition) is 3. The summed E-state index contributed by atoms with van der Waals surface area (Å²) in [5, 5.41) is 3.33. The van der Waals surface area contributed by atoms with Gasteiger partial charge in [-0.05, 0) is 32.4 Å². The zero-order valence-corrected chi connectivity index (χ0v) is 11.9. The van der Waals surface area contributed by atoms with Crippen molar-refractivity contribution >= 4 is 17.4 Å². The van der Waals surface area contributed by atoms with E-state index in [1.165, 1.54) is 0 Å². The van der Waals surface area contributed by atoms with E-state index in [4.69, 9.17) is 11.6 Å². The molecule has 0 aromatic carbocycles. The molecule has 1 saturated heterocycles. The van der Waals surface area contributed by atoms with Crippen LogP contribution in [0.4, 0.5) is 19.0 Å². The van der Waals surface area contributed by atoms with Crippen molar-refractivity contribution in [3.05, 3.63) is 22.8 Å². The third-order valence-corrected chi connectivity index (χ3v) is 3.75. The summed E-state index contributed by atoms with van der Waals surface area (Å²) in [7, 11) is 0. The Morgan fingerprint density at radius 3 is 2.75 bits per heavy atom. The maximum Gasteiger partial charge on any atom is 0.417 e. The lowest BCUT2D eigenvalue weighted by molar-refractivity contribution is -0.137. The van der Waals surface area contributed by atoms with Crippen LogP contribution in [0, 0.1) is 0 Å². The summed E-state index contributed by atoms with van der Waals surface area (Å²) in [4.78, 5) is 5.90. The second-order valence-electron chi connectivity index (χ2n) is 4.81. The van der Waals surface area contributed by atoms with Crippen molar-refractivity contribution in [1.82, 2.24) is 10.3 Å².